The van der Waals surface area contributed by atoms with E-state index in [9.17, 15) is 24.3 Å². The Bertz CT molecular complexity index is 1320. The fourth-order valence-electron chi connectivity index (χ4n) is 4.69. The highest BCUT2D eigenvalue weighted by atomic mass is 16.4. The Labute approximate surface area is 239 Å². The minimum Gasteiger partial charge on any atom is -0.480 e. The number of nitrogens with one attached hydrogen (secondary N) is 5. The molecule has 3 amide bonds. The normalized spacial score (nSPS) is 14.4. The topological polar surface area (TPSA) is 195 Å². The van der Waals surface area contributed by atoms with Gasteiger partial charge in [0.25, 0.3) is 0 Å². The summed E-state index contributed by atoms with van der Waals surface area (Å²) in [5, 5.41) is 18.6. The molecule has 8 N–H and O–H groups in total. The van der Waals surface area contributed by atoms with E-state index in [1.165, 1.54) is 12.5 Å². The molecule has 0 fully saturated rings. The summed E-state index contributed by atoms with van der Waals surface area (Å²) >= 11 is 0. The van der Waals surface area contributed by atoms with Crippen molar-refractivity contribution in [1.29, 1.82) is 0 Å². The summed E-state index contributed by atoms with van der Waals surface area (Å²) in [5.74, 6) is -2.71. The molecule has 3 rings (SSSR count). The predicted octanol–water partition coefficient (Wildman–Crippen LogP) is 1.63. The SMILES string of the molecule is CC(C)CC(N)C(=O)NC(Cc1c[nH]c2ccccc12)C(=O)NC(Cc1cnc[nH]1)C(=O)NC(CC(C)C)C(=O)O. The van der Waals surface area contributed by atoms with E-state index >= 15 is 0 Å². The smallest absolute Gasteiger partial charge is 0.326 e. The first kappa shape index (κ1) is 31.3. The van der Waals surface area contributed by atoms with E-state index < -0.39 is 47.9 Å². The van der Waals surface area contributed by atoms with Gasteiger partial charge in [-0.15, -0.1) is 0 Å². The molecule has 41 heavy (non-hydrogen) atoms. The maximum absolute atomic E-state index is 13.7. The van der Waals surface area contributed by atoms with Gasteiger partial charge >= 0.3 is 5.97 Å². The number of nitrogens with zero attached hydrogens (tertiary/aromatic N) is 1. The third-order valence-corrected chi connectivity index (χ3v) is 6.73. The zero-order valence-electron chi connectivity index (χ0n) is 23.9. The van der Waals surface area contributed by atoms with Crippen LogP contribution in [0.15, 0.2) is 43.0 Å². The summed E-state index contributed by atoms with van der Waals surface area (Å²) in [4.78, 5) is 61.9. The van der Waals surface area contributed by atoms with Crippen LogP contribution in [0.5, 0.6) is 0 Å². The number of carbonyl (C=O) groups excluding carboxylic acids is 3. The van der Waals surface area contributed by atoms with Crippen molar-refractivity contribution < 1.29 is 24.3 Å². The Hall–Kier alpha value is -4.19. The van der Waals surface area contributed by atoms with Gasteiger partial charge in [-0.3, -0.25) is 14.4 Å². The van der Waals surface area contributed by atoms with Crippen molar-refractivity contribution in [2.75, 3.05) is 0 Å². The number of rotatable bonds is 15. The van der Waals surface area contributed by atoms with Crippen LogP contribution in [0.25, 0.3) is 10.9 Å². The molecule has 0 spiro atoms. The first-order valence-electron chi connectivity index (χ1n) is 13.9. The Morgan fingerprint density at radius 1 is 0.854 bits per heavy atom. The number of aromatic nitrogens is 3. The third kappa shape index (κ3) is 9.17. The second-order valence-electron chi connectivity index (χ2n) is 11.2. The molecule has 3 aromatic rings. The van der Waals surface area contributed by atoms with Gasteiger partial charge in [0.05, 0.1) is 12.4 Å². The third-order valence-electron chi connectivity index (χ3n) is 6.73. The number of nitrogens with two attached hydrogens (primary N) is 1. The van der Waals surface area contributed by atoms with Gasteiger partial charge in [0.2, 0.25) is 17.7 Å². The number of para-hydroxylation sites is 1. The first-order chi connectivity index (χ1) is 19.4. The van der Waals surface area contributed by atoms with E-state index in [2.05, 4.69) is 30.9 Å². The molecule has 4 atom stereocenters. The molecule has 1 aromatic carbocycles. The molecule has 0 aliphatic heterocycles. The van der Waals surface area contributed by atoms with Crippen molar-refractivity contribution in [3.63, 3.8) is 0 Å². The van der Waals surface area contributed by atoms with E-state index in [1.807, 2.05) is 52.0 Å². The van der Waals surface area contributed by atoms with Crippen LogP contribution < -0.4 is 21.7 Å². The zero-order chi connectivity index (χ0) is 30.1. The van der Waals surface area contributed by atoms with Crippen LogP contribution in [0.2, 0.25) is 0 Å². The molecule has 0 radical (unpaired) electrons. The molecule has 0 aliphatic carbocycles. The monoisotopic (exact) mass is 567 g/mol. The minimum absolute atomic E-state index is 0.0165. The Balaban J connectivity index is 1.87. The number of carboxylic acids is 1. The van der Waals surface area contributed by atoms with Gasteiger partial charge in [-0.2, -0.15) is 0 Å². The number of amides is 3. The Morgan fingerprint density at radius 3 is 2.07 bits per heavy atom. The van der Waals surface area contributed by atoms with Crippen molar-refractivity contribution >= 4 is 34.6 Å². The van der Waals surface area contributed by atoms with Crippen LogP contribution in [-0.2, 0) is 32.0 Å². The molecule has 0 saturated carbocycles. The molecule has 0 bridgehead atoms. The molecular weight excluding hydrogens is 526 g/mol. The number of hydrogen-bond donors (Lipinski definition) is 7. The van der Waals surface area contributed by atoms with Gasteiger partial charge in [0.1, 0.15) is 18.1 Å². The summed E-state index contributed by atoms with van der Waals surface area (Å²) in [7, 11) is 0. The van der Waals surface area contributed by atoms with Gasteiger partial charge in [0, 0.05) is 41.8 Å². The van der Waals surface area contributed by atoms with Crippen molar-refractivity contribution in [1.82, 2.24) is 30.9 Å². The maximum atomic E-state index is 13.7. The highest BCUT2D eigenvalue weighted by molar-refractivity contribution is 5.95. The lowest BCUT2D eigenvalue weighted by Crippen LogP contribution is -2.58. The van der Waals surface area contributed by atoms with E-state index in [0.717, 1.165) is 16.5 Å². The second-order valence-corrected chi connectivity index (χ2v) is 11.2. The van der Waals surface area contributed by atoms with E-state index in [4.69, 9.17) is 5.73 Å². The molecular formula is C29H41N7O5. The van der Waals surface area contributed by atoms with E-state index in [1.54, 1.807) is 6.20 Å². The second kappa shape index (κ2) is 14.4. The molecule has 12 heteroatoms. The van der Waals surface area contributed by atoms with E-state index in [-0.39, 0.29) is 31.1 Å². The van der Waals surface area contributed by atoms with Crippen LogP contribution in [0.3, 0.4) is 0 Å². The molecule has 0 aliphatic rings. The van der Waals surface area contributed by atoms with Crippen molar-refractivity contribution in [2.24, 2.45) is 17.6 Å². The van der Waals surface area contributed by atoms with Crippen molar-refractivity contribution in [3.8, 4) is 0 Å². The van der Waals surface area contributed by atoms with Gasteiger partial charge in [0.15, 0.2) is 0 Å². The summed E-state index contributed by atoms with van der Waals surface area (Å²) in [5.41, 5.74) is 8.36. The van der Waals surface area contributed by atoms with Gasteiger partial charge < -0.3 is 36.8 Å². The number of benzene rings is 1. The minimum atomic E-state index is -1.16. The Morgan fingerprint density at radius 2 is 1.46 bits per heavy atom. The lowest BCUT2D eigenvalue weighted by Gasteiger charge is -2.25. The number of imidazole rings is 1. The maximum Gasteiger partial charge on any atom is 0.326 e. The lowest BCUT2D eigenvalue weighted by molar-refractivity contribution is -0.142. The van der Waals surface area contributed by atoms with Crippen LogP contribution in [0, 0.1) is 11.8 Å². The van der Waals surface area contributed by atoms with Crippen LogP contribution in [0.1, 0.15) is 51.8 Å². The molecule has 4 unspecified atom stereocenters. The fraction of sp³-hybridized carbons (Fsp3) is 0.483. The molecule has 2 aromatic heterocycles. The summed E-state index contributed by atoms with van der Waals surface area (Å²) in [6.45, 7) is 7.61. The first-order valence-corrected chi connectivity index (χ1v) is 13.9. The summed E-state index contributed by atoms with van der Waals surface area (Å²) < 4.78 is 0. The fourth-order valence-corrected chi connectivity index (χ4v) is 4.69. The number of carbonyl (C=O) groups is 4. The number of H-pyrrole nitrogens is 2. The van der Waals surface area contributed by atoms with Crippen LogP contribution in [0.4, 0.5) is 0 Å². The van der Waals surface area contributed by atoms with Crippen molar-refractivity contribution in [3.05, 3.63) is 54.2 Å². The molecule has 0 saturated heterocycles. The summed E-state index contributed by atoms with van der Waals surface area (Å²) in [6, 6.07) is 3.47. The average Bonchev–Trinajstić information content (AvgIpc) is 3.56. The molecule has 222 valence electrons. The van der Waals surface area contributed by atoms with Crippen LogP contribution in [-0.4, -0.2) is 67.9 Å². The number of hydrogen-bond acceptors (Lipinski definition) is 6. The quantitative estimate of drug-likeness (QED) is 0.145. The van der Waals surface area contributed by atoms with E-state index in [0.29, 0.717) is 12.1 Å². The number of aromatic amines is 2. The largest absolute Gasteiger partial charge is 0.480 e. The molecule has 2 heterocycles. The zero-order valence-corrected chi connectivity index (χ0v) is 23.9. The number of aliphatic carboxylic acids is 1. The molecule has 12 nitrogen and oxygen atoms in total. The van der Waals surface area contributed by atoms with Gasteiger partial charge in [-0.05, 0) is 36.3 Å². The lowest BCUT2D eigenvalue weighted by atomic mass is 10.0. The van der Waals surface area contributed by atoms with Gasteiger partial charge in [-0.1, -0.05) is 45.9 Å². The van der Waals surface area contributed by atoms with Crippen LogP contribution >= 0.6 is 0 Å². The average molecular weight is 568 g/mol. The van der Waals surface area contributed by atoms with Gasteiger partial charge in [-0.25, -0.2) is 9.78 Å². The number of carboxylic acid groups (broad SMARTS) is 1. The van der Waals surface area contributed by atoms with Crippen molar-refractivity contribution in [2.45, 2.75) is 77.5 Å². The highest BCUT2D eigenvalue weighted by Crippen LogP contribution is 2.19. The predicted molar refractivity (Wildman–Crippen MR) is 155 cm³/mol. The Kier molecular flexibility index (Phi) is 11.0. The number of fused-ring (bicyclic) bond motifs is 1. The summed E-state index contributed by atoms with van der Waals surface area (Å²) in [6.07, 6.45) is 5.57. The standard InChI is InChI=1S/C29H41N7O5/c1-16(2)9-21(30)26(37)34-23(11-18-13-32-22-8-6-5-7-20(18)22)27(38)35-24(12-19-14-31-15-33-19)28(39)36-25(29(40)41)10-17(3)4/h5-8,13-17,21,23-25,32H,9-12,30H2,1-4H3,(H,31,33)(H,34,37)(H,35,38)(H,36,39)(H,40,41). The highest BCUT2D eigenvalue weighted by Gasteiger charge is 2.31.